The van der Waals surface area contributed by atoms with Gasteiger partial charge in [0.25, 0.3) is 0 Å². The fraction of sp³-hybridized carbons (Fsp3) is 0.462. The molecule has 1 aromatic carbocycles. The number of hydrogen-bond donors (Lipinski definition) is 2. The zero-order chi connectivity index (χ0) is 14.6. The summed E-state index contributed by atoms with van der Waals surface area (Å²) in [5, 5.41) is 2.51. The normalized spacial score (nSPS) is 18.9. The minimum Gasteiger partial charge on any atom is -0.397 e. The van der Waals surface area contributed by atoms with Gasteiger partial charge in [0.15, 0.2) is 9.84 Å². The summed E-state index contributed by atoms with van der Waals surface area (Å²) >= 11 is 0. The summed E-state index contributed by atoms with van der Waals surface area (Å²) < 4.78 is 29.1. The number of nitrogens with two attached hydrogens (primary N) is 1. The van der Waals surface area contributed by atoms with E-state index < -0.39 is 21.5 Å². The Morgan fingerprint density at radius 1 is 1.40 bits per heavy atom. The van der Waals surface area contributed by atoms with Crippen molar-refractivity contribution in [1.29, 1.82) is 0 Å². The Bertz CT molecular complexity index is 580. The number of ether oxygens (including phenoxy) is 1. The summed E-state index contributed by atoms with van der Waals surface area (Å²) in [6, 6.07) is 6.71. The van der Waals surface area contributed by atoms with Crippen LogP contribution in [-0.2, 0) is 19.4 Å². The summed E-state index contributed by atoms with van der Waals surface area (Å²) in [5.74, 6) is -1.24. The van der Waals surface area contributed by atoms with Gasteiger partial charge in [-0.3, -0.25) is 4.79 Å². The van der Waals surface area contributed by atoms with Crippen molar-refractivity contribution in [3.63, 3.8) is 0 Å². The zero-order valence-electron chi connectivity index (χ0n) is 11.0. The Morgan fingerprint density at radius 2 is 2.15 bits per heavy atom. The van der Waals surface area contributed by atoms with Crippen molar-refractivity contribution in [2.75, 3.05) is 29.2 Å². The molecule has 1 fully saturated rings. The largest absolute Gasteiger partial charge is 0.397 e. The molecule has 1 heterocycles. The van der Waals surface area contributed by atoms with Crippen LogP contribution in [0.25, 0.3) is 0 Å². The van der Waals surface area contributed by atoms with Gasteiger partial charge in [-0.05, 0) is 25.0 Å². The fourth-order valence-corrected chi connectivity index (χ4v) is 3.53. The Morgan fingerprint density at radius 3 is 2.80 bits per heavy atom. The molecule has 1 unspecified atom stereocenters. The van der Waals surface area contributed by atoms with Gasteiger partial charge in [-0.15, -0.1) is 0 Å². The van der Waals surface area contributed by atoms with E-state index in [1.54, 1.807) is 24.3 Å². The Balaban J connectivity index is 1.92. The summed E-state index contributed by atoms with van der Waals surface area (Å²) in [6.07, 6.45) is 1.31. The second-order valence-corrected chi connectivity index (χ2v) is 6.93. The molecule has 0 spiro atoms. The average molecular weight is 298 g/mol. The first-order valence-corrected chi connectivity index (χ1v) is 8.25. The molecule has 0 saturated carbocycles. The number of para-hydroxylation sites is 2. The summed E-state index contributed by atoms with van der Waals surface area (Å²) in [6.45, 7) is 0.590. The Kier molecular flexibility index (Phi) is 4.61. The second kappa shape index (κ2) is 6.23. The lowest BCUT2D eigenvalue weighted by Gasteiger charge is -2.11. The smallest absolute Gasteiger partial charge is 0.239 e. The number of rotatable bonds is 5. The molecule has 1 saturated heterocycles. The van der Waals surface area contributed by atoms with Crippen LogP contribution in [0.3, 0.4) is 0 Å². The van der Waals surface area contributed by atoms with Crippen LogP contribution < -0.4 is 11.1 Å². The SMILES string of the molecule is Nc1ccccc1NC(=O)CS(=O)(=O)CC1CCCO1. The van der Waals surface area contributed by atoms with Gasteiger partial charge in [0.2, 0.25) is 5.91 Å². The molecule has 1 aromatic rings. The van der Waals surface area contributed by atoms with E-state index in [9.17, 15) is 13.2 Å². The number of amides is 1. The van der Waals surface area contributed by atoms with Crippen molar-refractivity contribution in [3.05, 3.63) is 24.3 Å². The van der Waals surface area contributed by atoms with E-state index in [4.69, 9.17) is 10.5 Å². The molecule has 3 N–H and O–H groups in total. The number of sulfone groups is 1. The van der Waals surface area contributed by atoms with E-state index in [-0.39, 0.29) is 11.9 Å². The van der Waals surface area contributed by atoms with Crippen molar-refractivity contribution in [1.82, 2.24) is 0 Å². The molecular formula is C13H18N2O4S. The summed E-state index contributed by atoms with van der Waals surface area (Å²) in [4.78, 5) is 11.8. The average Bonchev–Trinajstić information content (AvgIpc) is 2.83. The van der Waals surface area contributed by atoms with Gasteiger partial charge < -0.3 is 15.8 Å². The molecular weight excluding hydrogens is 280 g/mol. The quantitative estimate of drug-likeness (QED) is 0.783. The highest BCUT2D eigenvalue weighted by atomic mass is 32.2. The molecule has 0 aromatic heterocycles. The predicted molar refractivity (Wildman–Crippen MR) is 77.1 cm³/mol. The van der Waals surface area contributed by atoms with Crippen LogP contribution in [0.4, 0.5) is 11.4 Å². The molecule has 6 nitrogen and oxygen atoms in total. The molecule has 0 bridgehead atoms. The molecule has 1 aliphatic rings. The lowest BCUT2D eigenvalue weighted by atomic mass is 10.3. The van der Waals surface area contributed by atoms with Gasteiger partial charge in [-0.2, -0.15) is 0 Å². The molecule has 1 atom stereocenters. The Labute approximate surface area is 118 Å². The van der Waals surface area contributed by atoms with E-state index in [2.05, 4.69) is 5.32 Å². The molecule has 0 aliphatic carbocycles. The van der Waals surface area contributed by atoms with Crippen LogP contribution in [-0.4, -0.2) is 38.5 Å². The van der Waals surface area contributed by atoms with Crippen LogP contribution in [0.2, 0.25) is 0 Å². The number of carbonyl (C=O) groups is 1. The lowest BCUT2D eigenvalue weighted by molar-refractivity contribution is -0.113. The summed E-state index contributed by atoms with van der Waals surface area (Å²) in [5.41, 5.74) is 6.50. The number of carbonyl (C=O) groups excluding carboxylic acids is 1. The third-order valence-corrected chi connectivity index (χ3v) is 4.63. The van der Waals surface area contributed by atoms with Crippen molar-refractivity contribution in [2.45, 2.75) is 18.9 Å². The van der Waals surface area contributed by atoms with Gasteiger partial charge in [-0.25, -0.2) is 8.42 Å². The number of hydrogen-bond acceptors (Lipinski definition) is 5. The second-order valence-electron chi connectivity index (χ2n) is 4.83. The van der Waals surface area contributed by atoms with Gasteiger partial charge in [-0.1, -0.05) is 12.1 Å². The number of anilines is 2. The van der Waals surface area contributed by atoms with Crippen LogP contribution >= 0.6 is 0 Å². The first kappa shape index (κ1) is 14.8. The van der Waals surface area contributed by atoms with Crippen LogP contribution in [0.5, 0.6) is 0 Å². The lowest BCUT2D eigenvalue weighted by Crippen LogP contribution is -2.29. The van der Waals surface area contributed by atoms with Gasteiger partial charge >= 0.3 is 0 Å². The molecule has 110 valence electrons. The van der Waals surface area contributed by atoms with Crippen molar-refractivity contribution >= 4 is 27.1 Å². The first-order chi connectivity index (χ1) is 9.46. The molecule has 1 aliphatic heterocycles. The third kappa shape index (κ3) is 4.21. The minimum atomic E-state index is -3.48. The number of nitrogens with one attached hydrogen (secondary N) is 1. The Hall–Kier alpha value is -1.60. The van der Waals surface area contributed by atoms with Crippen LogP contribution in [0.15, 0.2) is 24.3 Å². The highest BCUT2D eigenvalue weighted by Crippen LogP contribution is 2.17. The highest BCUT2D eigenvalue weighted by Gasteiger charge is 2.25. The van der Waals surface area contributed by atoms with E-state index in [0.717, 1.165) is 12.8 Å². The molecule has 20 heavy (non-hydrogen) atoms. The van der Waals surface area contributed by atoms with Crippen molar-refractivity contribution in [2.24, 2.45) is 0 Å². The van der Waals surface area contributed by atoms with Gasteiger partial charge in [0.1, 0.15) is 5.75 Å². The molecule has 0 radical (unpaired) electrons. The monoisotopic (exact) mass is 298 g/mol. The van der Waals surface area contributed by atoms with E-state index in [0.29, 0.717) is 18.0 Å². The highest BCUT2D eigenvalue weighted by molar-refractivity contribution is 7.92. The van der Waals surface area contributed by atoms with Crippen molar-refractivity contribution < 1.29 is 17.9 Å². The molecule has 1 amide bonds. The van der Waals surface area contributed by atoms with E-state index in [1.807, 2.05) is 0 Å². The van der Waals surface area contributed by atoms with E-state index >= 15 is 0 Å². The third-order valence-electron chi connectivity index (χ3n) is 3.05. The minimum absolute atomic E-state index is 0.106. The standard InChI is InChI=1S/C13H18N2O4S/c14-11-5-1-2-6-12(11)15-13(16)9-20(17,18)8-10-4-3-7-19-10/h1-2,5-6,10H,3-4,7-9,14H2,(H,15,16). The maximum Gasteiger partial charge on any atom is 0.239 e. The van der Waals surface area contributed by atoms with Gasteiger partial charge in [0, 0.05) is 6.61 Å². The predicted octanol–water partition coefficient (Wildman–Crippen LogP) is 0.801. The molecule has 2 rings (SSSR count). The number of benzene rings is 1. The fourth-order valence-electron chi connectivity index (χ4n) is 2.11. The molecule has 7 heteroatoms. The topological polar surface area (TPSA) is 98.5 Å². The maximum absolute atomic E-state index is 11.9. The zero-order valence-corrected chi connectivity index (χ0v) is 11.9. The summed E-state index contributed by atoms with van der Waals surface area (Å²) in [7, 11) is -3.48. The van der Waals surface area contributed by atoms with E-state index in [1.165, 1.54) is 0 Å². The first-order valence-electron chi connectivity index (χ1n) is 6.43. The van der Waals surface area contributed by atoms with Crippen LogP contribution in [0.1, 0.15) is 12.8 Å². The number of nitrogen functional groups attached to an aromatic ring is 1. The maximum atomic E-state index is 11.9. The van der Waals surface area contributed by atoms with Gasteiger partial charge in [0.05, 0.1) is 23.2 Å². The van der Waals surface area contributed by atoms with Crippen molar-refractivity contribution in [3.8, 4) is 0 Å². The van der Waals surface area contributed by atoms with Crippen LogP contribution in [0, 0.1) is 0 Å².